The molecule has 6 heteroatoms. The second-order valence-corrected chi connectivity index (χ2v) is 4.70. The van der Waals surface area contributed by atoms with Gasteiger partial charge in [0.25, 0.3) is 0 Å². The van der Waals surface area contributed by atoms with E-state index < -0.39 is 6.10 Å². The number of aliphatic hydroxyl groups excluding tert-OH is 1. The number of ketones is 1. The van der Waals surface area contributed by atoms with Gasteiger partial charge in [-0.1, -0.05) is 23.2 Å². The average Bonchev–Trinajstić information content (AvgIpc) is 2.37. The van der Waals surface area contributed by atoms with Gasteiger partial charge in [0.2, 0.25) is 0 Å². The van der Waals surface area contributed by atoms with E-state index in [1.165, 1.54) is 13.0 Å². The summed E-state index contributed by atoms with van der Waals surface area (Å²) in [5.41, 5.74) is 0.331. The number of carbonyl (C=O) groups is 1. The Balaban J connectivity index is 2.81. The van der Waals surface area contributed by atoms with E-state index in [2.05, 4.69) is 0 Å². The van der Waals surface area contributed by atoms with Crippen LogP contribution < -0.4 is 4.74 Å². The van der Waals surface area contributed by atoms with Crippen molar-refractivity contribution >= 4 is 29.0 Å². The average molecular weight is 307 g/mol. The van der Waals surface area contributed by atoms with E-state index >= 15 is 0 Å². The van der Waals surface area contributed by atoms with Gasteiger partial charge in [0.15, 0.2) is 5.78 Å². The van der Waals surface area contributed by atoms with E-state index in [-0.39, 0.29) is 29.8 Å². The van der Waals surface area contributed by atoms with Crippen LogP contribution in [0, 0.1) is 0 Å². The molecule has 0 heterocycles. The highest BCUT2D eigenvalue weighted by molar-refractivity contribution is 6.43. The van der Waals surface area contributed by atoms with Gasteiger partial charge in [-0.2, -0.15) is 0 Å². The van der Waals surface area contributed by atoms with Crippen LogP contribution in [0.4, 0.5) is 0 Å². The molecule has 0 radical (unpaired) electrons. The third-order valence-electron chi connectivity index (χ3n) is 2.36. The minimum absolute atomic E-state index is 0.0274. The molecule has 1 atom stereocenters. The van der Waals surface area contributed by atoms with E-state index in [0.29, 0.717) is 17.2 Å². The first-order valence-electron chi connectivity index (χ1n) is 5.84. The molecule has 0 fully saturated rings. The van der Waals surface area contributed by atoms with Crippen LogP contribution in [0.25, 0.3) is 0 Å². The first kappa shape index (κ1) is 16.2. The lowest BCUT2D eigenvalue weighted by Gasteiger charge is -2.15. The monoisotopic (exact) mass is 306 g/mol. The molecule has 4 nitrogen and oxygen atoms in total. The number of ether oxygens (including phenoxy) is 2. The molecule has 0 bridgehead atoms. The number of hydrogen-bond donors (Lipinski definition) is 1. The molecule has 0 amide bonds. The Kier molecular flexibility index (Phi) is 6.58. The molecule has 19 heavy (non-hydrogen) atoms. The van der Waals surface area contributed by atoms with E-state index in [1.54, 1.807) is 6.07 Å². The highest BCUT2D eigenvalue weighted by atomic mass is 35.5. The number of benzene rings is 1. The van der Waals surface area contributed by atoms with Gasteiger partial charge in [-0.15, -0.1) is 0 Å². The molecule has 1 rings (SSSR count). The number of hydrogen-bond acceptors (Lipinski definition) is 4. The van der Waals surface area contributed by atoms with Crippen molar-refractivity contribution in [2.75, 3.05) is 19.8 Å². The van der Waals surface area contributed by atoms with Gasteiger partial charge < -0.3 is 14.6 Å². The standard InChI is InChI=1S/C13H16Cl2O4/c1-3-18-6-9(17)7-19-13-10(8(2)16)4-5-11(14)12(13)15/h4-5,9,17H,3,6-7H2,1-2H3. The molecule has 1 aromatic rings. The summed E-state index contributed by atoms with van der Waals surface area (Å²) in [6.07, 6.45) is -0.796. The van der Waals surface area contributed by atoms with Crippen LogP contribution >= 0.6 is 23.2 Å². The summed E-state index contributed by atoms with van der Waals surface area (Å²) >= 11 is 11.9. The summed E-state index contributed by atoms with van der Waals surface area (Å²) in [5, 5.41) is 10.1. The second kappa shape index (κ2) is 7.70. The van der Waals surface area contributed by atoms with Crippen LogP contribution in [0.1, 0.15) is 24.2 Å². The van der Waals surface area contributed by atoms with Crippen LogP contribution in [-0.4, -0.2) is 36.8 Å². The van der Waals surface area contributed by atoms with Crippen molar-refractivity contribution in [3.8, 4) is 5.75 Å². The van der Waals surface area contributed by atoms with Crippen molar-refractivity contribution < 1.29 is 19.4 Å². The highest BCUT2D eigenvalue weighted by Crippen LogP contribution is 2.35. The van der Waals surface area contributed by atoms with Crippen LogP contribution in [0.2, 0.25) is 10.0 Å². The minimum Gasteiger partial charge on any atom is -0.488 e. The molecule has 0 aromatic heterocycles. The highest BCUT2D eigenvalue weighted by Gasteiger charge is 2.17. The fraction of sp³-hybridized carbons (Fsp3) is 0.462. The molecule has 106 valence electrons. The van der Waals surface area contributed by atoms with Gasteiger partial charge in [0.05, 0.1) is 17.2 Å². The topological polar surface area (TPSA) is 55.8 Å². The summed E-state index contributed by atoms with van der Waals surface area (Å²) in [6, 6.07) is 3.07. The Morgan fingerprint density at radius 3 is 2.63 bits per heavy atom. The molecule has 0 aliphatic carbocycles. The van der Waals surface area contributed by atoms with Crippen molar-refractivity contribution in [1.29, 1.82) is 0 Å². The summed E-state index contributed by atoms with van der Waals surface area (Å²) in [4.78, 5) is 11.5. The first-order chi connectivity index (χ1) is 8.97. The Bertz CT molecular complexity index is 449. The Hall–Kier alpha value is -0.810. The molecule has 0 saturated heterocycles. The molecule has 1 unspecified atom stereocenters. The number of aliphatic hydroxyl groups is 1. The summed E-state index contributed by atoms with van der Waals surface area (Å²) in [6.45, 7) is 3.87. The van der Waals surface area contributed by atoms with Crippen molar-refractivity contribution in [3.63, 3.8) is 0 Å². The lowest BCUT2D eigenvalue weighted by molar-refractivity contribution is 0.0163. The van der Waals surface area contributed by atoms with Crippen LogP contribution in [0.15, 0.2) is 12.1 Å². The SMILES string of the molecule is CCOCC(O)COc1c(C(C)=O)ccc(Cl)c1Cl. The van der Waals surface area contributed by atoms with E-state index in [4.69, 9.17) is 32.7 Å². The summed E-state index contributed by atoms with van der Waals surface area (Å²) < 4.78 is 10.5. The Labute approximate surface area is 122 Å². The van der Waals surface area contributed by atoms with Crippen LogP contribution in [-0.2, 0) is 4.74 Å². The molecule has 0 spiro atoms. The zero-order valence-electron chi connectivity index (χ0n) is 10.8. The number of rotatable bonds is 7. The van der Waals surface area contributed by atoms with E-state index in [0.717, 1.165) is 0 Å². The molecular weight excluding hydrogens is 291 g/mol. The number of halogens is 2. The maximum Gasteiger partial charge on any atom is 0.163 e. The predicted octanol–water partition coefficient (Wildman–Crippen LogP) is 2.97. The third-order valence-corrected chi connectivity index (χ3v) is 3.15. The van der Waals surface area contributed by atoms with Crippen molar-refractivity contribution in [3.05, 3.63) is 27.7 Å². The van der Waals surface area contributed by atoms with Gasteiger partial charge in [0, 0.05) is 6.61 Å². The predicted molar refractivity (Wildman–Crippen MR) is 74.5 cm³/mol. The Morgan fingerprint density at radius 1 is 1.37 bits per heavy atom. The van der Waals surface area contributed by atoms with Gasteiger partial charge >= 0.3 is 0 Å². The van der Waals surface area contributed by atoms with Crippen molar-refractivity contribution in [2.45, 2.75) is 20.0 Å². The molecule has 1 aromatic carbocycles. The zero-order valence-corrected chi connectivity index (χ0v) is 12.3. The number of carbonyl (C=O) groups excluding carboxylic acids is 1. The van der Waals surface area contributed by atoms with Gasteiger partial charge in [-0.25, -0.2) is 0 Å². The largest absolute Gasteiger partial charge is 0.488 e. The summed E-state index contributed by atoms with van der Waals surface area (Å²) in [5.74, 6) is 0.00470. The third kappa shape index (κ3) is 4.66. The van der Waals surface area contributed by atoms with Gasteiger partial charge in [-0.3, -0.25) is 4.79 Å². The molecule has 0 saturated carbocycles. The minimum atomic E-state index is -0.796. The fourth-order valence-corrected chi connectivity index (χ4v) is 1.80. The smallest absolute Gasteiger partial charge is 0.163 e. The molecule has 0 aliphatic rings. The zero-order chi connectivity index (χ0) is 14.4. The fourth-order valence-electron chi connectivity index (χ4n) is 1.43. The Morgan fingerprint density at radius 2 is 2.05 bits per heavy atom. The molecule has 0 aliphatic heterocycles. The van der Waals surface area contributed by atoms with E-state index in [1.807, 2.05) is 6.92 Å². The first-order valence-corrected chi connectivity index (χ1v) is 6.60. The molecule has 1 N–H and O–H groups in total. The normalized spacial score (nSPS) is 12.3. The molecular formula is C13H16Cl2O4. The lowest BCUT2D eigenvalue weighted by atomic mass is 10.1. The second-order valence-electron chi connectivity index (χ2n) is 3.92. The van der Waals surface area contributed by atoms with Gasteiger partial charge in [-0.05, 0) is 26.0 Å². The van der Waals surface area contributed by atoms with E-state index in [9.17, 15) is 9.90 Å². The van der Waals surface area contributed by atoms with Gasteiger partial charge in [0.1, 0.15) is 23.5 Å². The summed E-state index contributed by atoms with van der Waals surface area (Å²) in [7, 11) is 0. The maximum atomic E-state index is 11.5. The quantitative estimate of drug-likeness (QED) is 0.787. The van der Waals surface area contributed by atoms with Crippen LogP contribution in [0.5, 0.6) is 5.75 Å². The lowest BCUT2D eigenvalue weighted by Crippen LogP contribution is -2.24. The van der Waals surface area contributed by atoms with Crippen molar-refractivity contribution in [2.24, 2.45) is 0 Å². The number of Topliss-reactive ketones (excluding diaryl/α,β-unsaturated/α-hetero) is 1. The maximum absolute atomic E-state index is 11.5. The van der Waals surface area contributed by atoms with Crippen LogP contribution in [0.3, 0.4) is 0 Å². The van der Waals surface area contributed by atoms with Crippen molar-refractivity contribution in [1.82, 2.24) is 0 Å².